The van der Waals surface area contributed by atoms with Gasteiger partial charge in [-0.3, -0.25) is 0 Å². The Balaban J connectivity index is 4.08. The summed E-state index contributed by atoms with van der Waals surface area (Å²) in [6.07, 6.45) is 6.50. The van der Waals surface area contributed by atoms with Crippen LogP contribution in [0.1, 0.15) is 39.0 Å². The van der Waals surface area contributed by atoms with Crippen LogP contribution in [0.2, 0.25) is 51.4 Å². The standard InChI is InChI=1S/C15H42O3Si5/c1-8-9-13-16-23(6,7)22(18-21(4)5)15-12-10-11-14-19-17-20(2)3/h20-22H,8-15,19H2,1-7H3. The molecule has 0 radical (unpaired) electrons. The molecule has 0 aromatic carbocycles. The summed E-state index contributed by atoms with van der Waals surface area (Å²) in [5, 5.41) is 0. The van der Waals surface area contributed by atoms with Gasteiger partial charge >= 0.3 is 0 Å². The van der Waals surface area contributed by atoms with Gasteiger partial charge in [-0.1, -0.05) is 32.6 Å². The predicted molar refractivity (Wildman–Crippen MR) is 117 cm³/mol. The van der Waals surface area contributed by atoms with Gasteiger partial charge in [0.15, 0.2) is 26.6 Å². The van der Waals surface area contributed by atoms with E-state index >= 15 is 0 Å². The lowest BCUT2D eigenvalue weighted by molar-refractivity contribution is 0.306. The molecule has 0 fully saturated rings. The first kappa shape index (κ1) is 24.0. The van der Waals surface area contributed by atoms with Crippen molar-refractivity contribution in [2.75, 3.05) is 6.61 Å². The van der Waals surface area contributed by atoms with Gasteiger partial charge in [-0.05, 0) is 57.8 Å². The molecule has 0 aromatic rings. The molecular weight excluding hydrogens is 369 g/mol. The van der Waals surface area contributed by atoms with E-state index in [0.29, 0.717) is 0 Å². The molecule has 0 saturated heterocycles. The number of hydrogen-bond acceptors (Lipinski definition) is 3. The van der Waals surface area contributed by atoms with E-state index in [0.717, 1.165) is 6.61 Å². The second-order valence-electron chi connectivity index (χ2n) is 7.60. The van der Waals surface area contributed by atoms with Gasteiger partial charge in [0.1, 0.15) is 9.76 Å². The first-order valence-corrected chi connectivity index (χ1v) is 22.8. The highest BCUT2D eigenvalue weighted by Gasteiger charge is 2.36. The van der Waals surface area contributed by atoms with Crippen LogP contribution in [0.5, 0.6) is 0 Å². The molecule has 3 nitrogen and oxygen atoms in total. The van der Waals surface area contributed by atoms with Crippen molar-refractivity contribution >= 4 is 44.2 Å². The Hall–Kier alpha value is 0.964. The van der Waals surface area contributed by atoms with Gasteiger partial charge in [0.2, 0.25) is 7.83 Å². The lowest BCUT2D eigenvalue weighted by Gasteiger charge is -2.32. The van der Waals surface area contributed by atoms with Gasteiger partial charge in [0.05, 0.1) is 0 Å². The van der Waals surface area contributed by atoms with Gasteiger partial charge in [0.25, 0.3) is 0 Å². The molecule has 1 unspecified atom stereocenters. The third kappa shape index (κ3) is 13.9. The van der Waals surface area contributed by atoms with Crippen molar-refractivity contribution in [3.8, 4) is 0 Å². The summed E-state index contributed by atoms with van der Waals surface area (Å²) in [7, 11) is -4.65. The van der Waals surface area contributed by atoms with Crippen LogP contribution in [0.3, 0.4) is 0 Å². The van der Waals surface area contributed by atoms with Crippen molar-refractivity contribution in [1.82, 2.24) is 0 Å². The van der Waals surface area contributed by atoms with E-state index < -0.39 is 34.5 Å². The molecule has 0 aliphatic heterocycles. The lowest BCUT2D eigenvalue weighted by Crippen LogP contribution is -2.52. The summed E-state index contributed by atoms with van der Waals surface area (Å²) >= 11 is 0. The Labute approximate surface area is 153 Å². The minimum Gasteiger partial charge on any atom is -0.463 e. The largest absolute Gasteiger partial charge is 0.463 e. The van der Waals surface area contributed by atoms with E-state index in [4.69, 9.17) is 12.7 Å². The average molecular weight is 411 g/mol. The monoisotopic (exact) mass is 410 g/mol. The third-order valence-electron chi connectivity index (χ3n) is 4.00. The maximum absolute atomic E-state index is 6.51. The highest BCUT2D eigenvalue weighted by Crippen LogP contribution is 2.19. The quantitative estimate of drug-likeness (QED) is 0.305. The van der Waals surface area contributed by atoms with Gasteiger partial charge in [-0.2, -0.15) is 0 Å². The van der Waals surface area contributed by atoms with Crippen LogP contribution in [0.15, 0.2) is 0 Å². The molecule has 0 rings (SSSR count). The molecular formula is C15H42O3Si5. The van der Waals surface area contributed by atoms with Crippen molar-refractivity contribution < 1.29 is 12.7 Å². The Morgan fingerprint density at radius 1 is 0.913 bits per heavy atom. The number of hydrogen-bond donors (Lipinski definition) is 0. The van der Waals surface area contributed by atoms with Gasteiger partial charge in [0, 0.05) is 6.61 Å². The zero-order valence-electron chi connectivity index (χ0n) is 16.8. The van der Waals surface area contributed by atoms with Crippen molar-refractivity contribution in [3.63, 3.8) is 0 Å². The summed E-state index contributed by atoms with van der Waals surface area (Å²) in [6, 6.07) is 2.70. The van der Waals surface area contributed by atoms with Crippen LogP contribution in [-0.4, -0.2) is 50.8 Å². The van der Waals surface area contributed by atoms with Gasteiger partial charge < -0.3 is 12.7 Å². The van der Waals surface area contributed by atoms with Crippen LogP contribution in [0, 0.1) is 0 Å². The fourth-order valence-electron chi connectivity index (χ4n) is 2.58. The lowest BCUT2D eigenvalue weighted by atomic mass is 10.3. The summed E-state index contributed by atoms with van der Waals surface area (Å²) in [6.45, 7) is 17.2. The van der Waals surface area contributed by atoms with Crippen LogP contribution in [-0.2, 0) is 12.7 Å². The second-order valence-corrected chi connectivity index (χ2v) is 26.5. The smallest absolute Gasteiger partial charge is 0.200 e. The topological polar surface area (TPSA) is 27.7 Å². The third-order valence-corrected chi connectivity index (χ3v) is 22.6. The minimum atomic E-state index is -1.58. The van der Waals surface area contributed by atoms with Crippen molar-refractivity contribution in [2.24, 2.45) is 0 Å². The number of rotatable bonds is 15. The molecule has 0 spiro atoms. The summed E-state index contributed by atoms with van der Waals surface area (Å²) in [5.41, 5.74) is 0. The predicted octanol–water partition coefficient (Wildman–Crippen LogP) is 3.48. The SMILES string of the molecule is CCCCO[Si](C)(C)[SiH](CCCCC[SiH2]O[SiH](C)C)O[SiH](C)C. The molecule has 0 saturated carbocycles. The maximum Gasteiger partial charge on any atom is 0.200 e. The van der Waals surface area contributed by atoms with Crippen LogP contribution < -0.4 is 0 Å². The van der Waals surface area contributed by atoms with Crippen molar-refractivity contribution in [3.05, 3.63) is 0 Å². The molecule has 0 aliphatic rings. The second kappa shape index (κ2) is 14.2. The van der Waals surface area contributed by atoms with Crippen LogP contribution in [0.25, 0.3) is 0 Å². The molecule has 1 atom stereocenters. The zero-order chi connectivity index (χ0) is 17.7. The molecule has 0 heterocycles. The molecule has 140 valence electrons. The van der Waals surface area contributed by atoms with Crippen molar-refractivity contribution in [1.29, 1.82) is 0 Å². The molecule has 0 bridgehead atoms. The molecule has 0 amide bonds. The van der Waals surface area contributed by atoms with Crippen LogP contribution >= 0.6 is 0 Å². The van der Waals surface area contributed by atoms with Crippen LogP contribution in [0.4, 0.5) is 0 Å². The molecule has 0 aromatic heterocycles. The highest BCUT2D eigenvalue weighted by molar-refractivity contribution is 7.27. The first-order valence-electron chi connectivity index (χ1n) is 9.70. The molecule has 0 aliphatic carbocycles. The fraction of sp³-hybridized carbons (Fsp3) is 1.00. The number of unbranched alkanes of at least 4 members (excludes halogenated alkanes) is 3. The zero-order valence-corrected chi connectivity index (χ0v) is 22.7. The summed E-state index contributed by atoms with van der Waals surface area (Å²) in [5.74, 6) is 0. The molecule has 23 heavy (non-hydrogen) atoms. The molecule has 0 N–H and O–H groups in total. The Bertz CT molecular complexity index is 278. The van der Waals surface area contributed by atoms with E-state index in [2.05, 4.69) is 46.2 Å². The summed E-state index contributed by atoms with van der Waals surface area (Å²) < 4.78 is 18.7. The summed E-state index contributed by atoms with van der Waals surface area (Å²) in [4.78, 5) is 0. The average Bonchev–Trinajstić information content (AvgIpc) is 2.44. The Morgan fingerprint density at radius 3 is 2.17 bits per heavy atom. The first-order chi connectivity index (χ1) is 10.8. The van der Waals surface area contributed by atoms with E-state index in [1.54, 1.807) is 0 Å². The minimum absolute atomic E-state index is 0.210. The van der Waals surface area contributed by atoms with E-state index in [-0.39, 0.29) is 9.76 Å². The van der Waals surface area contributed by atoms with E-state index in [1.165, 1.54) is 44.2 Å². The fourth-order valence-corrected chi connectivity index (χ4v) is 21.4. The van der Waals surface area contributed by atoms with Crippen molar-refractivity contribution in [2.45, 2.75) is 90.4 Å². The maximum atomic E-state index is 6.51. The molecule has 8 heteroatoms. The van der Waals surface area contributed by atoms with Gasteiger partial charge in [-0.15, -0.1) is 0 Å². The van der Waals surface area contributed by atoms with Gasteiger partial charge in [-0.25, -0.2) is 0 Å². The Kier molecular flexibility index (Phi) is 14.8. The Morgan fingerprint density at radius 2 is 1.61 bits per heavy atom. The normalized spacial score (nSPS) is 14.5. The van der Waals surface area contributed by atoms with E-state index in [1.807, 2.05) is 0 Å². The van der Waals surface area contributed by atoms with E-state index in [9.17, 15) is 0 Å². The highest BCUT2D eigenvalue weighted by atomic mass is 29.3.